The van der Waals surface area contributed by atoms with E-state index in [9.17, 15) is 5.11 Å². The first-order chi connectivity index (χ1) is 5.97. The van der Waals surface area contributed by atoms with Crippen LogP contribution in [-0.2, 0) is 4.74 Å². The number of aliphatic hydroxyl groups is 1. The summed E-state index contributed by atoms with van der Waals surface area (Å²) in [6.45, 7) is 9.06. The lowest BCUT2D eigenvalue weighted by Gasteiger charge is -2.04. The third kappa shape index (κ3) is 5.53. The smallest absolute Gasteiger partial charge is 0.106 e. The van der Waals surface area contributed by atoms with Crippen LogP contribution >= 0.6 is 15.9 Å². The normalized spacial score (nSPS) is 13.7. The number of rotatable bonds is 4. The van der Waals surface area contributed by atoms with Crippen molar-refractivity contribution in [2.75, 3.05) is 0 Å². The van der Waals surface area contributed by atoms with Crippen molar-refractivity contribution >= 4 is 15.9 Å². The summed E-state index contributed by atoms with van der Waals surface area (Å²) in [6.07, 6.45) is 2.31. The van der Waals surface area contributed by atoms with Gasteiger partial charge in [0.25, 0.3) is 0 Å². The van der Waals surface area contributed by atoms with Crippen LogP contribution in [0, 0.1) is 0 Å². The maximum atomic E-state index is 9.32. The van der Waals surface area contributed by atoms with E-state index in [1.165, 1.54) is 0 Å². The average molecular weight is 247 g/mol. The van der Waals surface area contributed by atoms with Crippen LogP contribution in [0.3, 0.4) is 0 Å². The Bertz CT molecular complexity index is 252. The van der Waals surface area contributed by atoms with Gasteiger partial charge in [-0.1, -0.05) is 13.5 Å². The number of ether oxygens (including phenoxy) is 1. The molecule has 0 saturated carbocycles. The molecule has 0 fully saturated rings. The van der Waals surface area contributed by atoms with E-state index in [-0.39, 0.29) is 0 Å². The van der Waals surface area contributed by atoms with Crippen LogP contribution < -0.4 is 0 Å². The molecule has 0 amide bonds. The highest BCUT2D eigenvalue weighted by atomic mass is 79.9. The Morgan fingerprint density at radius 3 is 2.46 bits per heavy atom. The van der Waals surface area contributed by atoms with Gasteiger partial charge >= 0.3 is 0 Å². The second-order valence-corrected chi connectivity index (χ2v) is 3.56. The minimum absolute atomic E-state index is 0.310. The summed E-state index contributed by atoms with van der Waals surface area (Å²) in [5.41, 5.74) is 0. The van der Waals surface area contributed by atoms with Gasteiger partial charge in [0, 0.05) is 6.42 Å². The highest BCUT2D eigenvalue weighted by molar-refractivity contribution is 9.11. The van der Waals surface area contributed by atoms with Crippen molar-refractivity contribution in [2.24, 2.45) is 0 Å². The molecule has 0 aliphatic heterocycles. The van der Waals surface area contributed by atoms with Crippen LogP contribution in [0.2, 0.25) is 0 Å². The predicted octanol–water partition coefficient (Wildman–Crippen LogP) is 4.01. The summed E-state index contributed by atoms with van der Waals surface area (Å²) < 4.78 is 5.85. The molecular weight excluding hydrogens is 232 g/mol. The molecule has 13 heavy (non-hydrogen) atoms. The third-order valence-electron chi connectivity index (χ3n) is 1.28. The lowest BCUT2D eigenvalue weighted by atomic mass is 10.3. The number of hydrogen-bond acceptors (Lipinski definition) is 2. The Kier molecular flexibility index (Phi) is 5.55. The Labute approximate surface area is 87.7 Å². The fourth-order valence-corrected chi connectivity index (χ4v) is 1.34. The molecule has 0 heterocycles. The van der Waals surface area contributed by atoms with Gasteiger partial charge in [0.2, 0.25) is 0 Å². The zero-order chi connectivity index (χ0) is 10.4. The molecular formula is C10H15BrO2. The Hall–Kier alpha value is -0.700. The highest BCUT2D eigenvalue weighted by Gasteiger charge is 1.98. The van der Waals surface area contributed by atoms with Crippen molar-refractivity contribution in [1.29, 1.82) is 0 Å². The van der Waals surface area contributed by atoms with Gasteiger partial charge in [-0.3, -0.25) is 0 Å². The SMILES string of the molecule is C=C(C)OC(C)=C/C(Br)=C(/O)CC. The highest BCUT2D eigenvalue weighted by Crippen LogP contribution is 2.17. The molecule has 74 valence electrons. The molecule has 3 heteroatoms. The first-order valence-electron chi connectivity index (χ1n) is 4.06. The van der Waals surface area contributed by atoms with Gasteiger partial charge in [0.15, 0.2) is 0 Å². The molecule has 2 nitrogen and oxygen atoms in total. The van der Waals surface area contributed by atoms with Crippen molar-refractivity contribution in [3.63, 3.8) is 0 Å². The molecule has 0 aromatic heterocycles. The lowest BCUT2D eigenvalue weighted by Crippen LogP contribution is -1.86. The third-order valence-corrected chi connectivity index (χ3v) is 1.96. The maximum absolute atomic E-state index is 9.32. The van der Waals surface area contributed by atoms with Crippen LogP contribution in [0.1, 0.15) is 27.2 Å². The zero-order valence-electron chi connectivity index (χ0n) is 8.22. The Morgan fingerprint density at radius 2 is 2.08 bits per heavy atom. The number of hydrogen-bond donors (Lipinski definition) is 1. The van der Waals surface area contributed by atoms with Crippen molar-refractivity contribution in [3.8, 4) is 0 Å². The first kappa shape index (κ1) is 12.3. The van der Waals surface area contributed by atoms with Crippen molar-refractivity contribution in [2.45, 2.75) is 27.2 Å². The average Bonchev–Trinajstić information content (AvgIpc) is 2.01. The van der Waals surface area contributed by atoms with E-state index in [2.05, 4.69) is 22.5 Å². The molecule has 0 unspecified atom stereocenters. The van der Waals surface area contributed by atoms with Crippen LogP contribution in [0.5, 0.6) is 0 Å². The molecule has 0 saturated heterocycles. The second-order valence-electron chi connectivity index (χ2n) is 2.71. The zero-order valence-corrected chi connectivity index (χ0v) is 9.81. The van der Waals surface area contributed by atoms with Gasteiger partial charge in [-0.05, 0) is 35.9 Å². The van der Waals surface area contributed by atoms with Crippen LogP contribution in [0.25, 0.3) is 0 Å². The molecule has 0 radical (unpaired) electrons. The summed E-state index contributed by atoms with van der Waals surface area (Å²) in [6, 6.07) is 0. The molecule has 0 aliphatic rings. The molecule has 0 aromatic carbocycles. The van der Waals surface area contributed by atoms with E-state index in [0.29, 0.717) is 28.2 Å². The van der Waals surface area contributed by atoms with Crippen LogP contribution in [-0.4, -0.2) is 5.11 Å². The molecule has 0 aromatic rings. The van der Waals surface area contributed by atoms with Gasteiger partial charge < -0.3 is 9.84 Å². The summed E-state index contributed by atoms with van der Waals surface area (Å²) in [5, 5.41) is 9.32. The summed E-state index contributed by atoms with van der Waals surface area (Å²) in [7, 11) is 0. The van der Waals surface area contributed by atoms with Crippen molar-refractivity contribution in [3.05, 3.63) is 34.4 Å². The Balaban J connectivity index is 4.47. The van der Waals surface area contributed by atoms with E-state index in [4.69, 9.17) is 4.74 Å². The van der Waals surface area contributed by atoms with Gasteiger partial charge in [0.05, 0.1) is 10.2 Å². The quantitative estimate of drug-likeness (QED) is 0.600. The molecule has 0 bridgehead atoms. The monoisotopic (exact) mass is 246 g/mol. The van der Waals surface area contributed by atoms with Crippen LogP contribution in [0.4, 0.5) is 0 Å². The van der Waals surface area contributed by atoms with Gasteiger partial charge in [-0.2, -0.15) is 0 Å². The largest absolute Gasteiger partial charge is 0.511 e. The standard InChI is InChI=1S/C10H15BrO2/c1-5-10(12)9(11)6-8(4)13-7(2)3/h6,12H,2,5H2,1,3-4H3/b8-6?,10-9-. The Morgan fingerprint density at radius 1 is 1.54 bits per heavy atom. The van der Waals surface area contributed by atoms with Crippen LogP contribution in [0.15, 0.2) is 34.4 Å². The van der Waals surface area contributed by atoms with Gasteiger partial charge in [0.1, 0.15) is 11.5 Å². The fraction of sp³-hybridized carbons (Fsp3) is 0.400. The minimum atomic E-state index is 0.310. The maximum Gasteiger partial charge on any atom is 0.106 e. The van der Waals surface area contributed by atoms with E-state index in [1.54, 1.807) is 19.9 Å². The summed E-state index contributed by atoms with van der Waals surface area (Å²) in [5.74, 6) is 1.63. The summed E-state index contributed by atoms with van der Waals surface area (Å²) in [4.78, 5) is 0. The number of aliphatic hydroxyl groups excluding tert-OH is 1. The van der Waals surface area contributed by atoms with Crippen molar-refractivity contribution < 1.29 is 9.84 Å². The van der Waals surface area contributed by atoms with E-state index in [1.807, 2.05) is 6.92 Å². The van der Waals surface area contributed by atoms with E-state index < -0.39 is 0 Å². The first-order valence-corrected chi connectivity index (χ1v) is 4.86. The predicted molar refractivity (Wildman–Crippen MR) is 58.5 cm³/mol. The lowest BCUT2D eigenvalue weighted by molar-refractivity contribution is 0.310. The summed E-state index contributed by atoms with van der Waals surface area (Å²) >= 11 is 3.24. The van der Waals surface area contributed by atoms with E-state index >= 15 is 0 Å². The van der Waals surface area contributed by atoms with E-state index in [0.717, 1.165) is 0 Å². The molecule has 0 spiro atoms. The van der Waals surface area contributed by atoms with Crippen molar-refractivity contribution in [1.82, 2.24) is 0 Å². The topological polar surface area (TPSA) is 29.5 Å². The number of allylic oxidation sites excluding steroid dienone is 5. The minimum Gasteiger partial charge on any atom is -0.511 e. The van der Waals surface area contributed by atoms with Gasteiger partial charge in [-0.25, -0.2) is 0 Å². The molecule has 0 atom stereocenters. The number of halogens is 1. The fourth-order valence-electron chi connectivity index (χ4n) is 0.735. The molecule has 0 rings (SSSR count). The second kappa shape index (κ2) is 5.86. The molecule has 0 aliphatic carbocycles. The molecule has 1 N–H and O–H groups in total. The van der Waals surface area contributed by atoms with Gasteiger partial charge in [-0.15, -0.1) is 0 Å².